The van der Waals surface area contributed by atoms with Gasteiger partial charge in [0, 0.05) is 12.2 Å². The van der Waals surface area contributed by atoms with Crippen LogP contribution in [0.3, 0.4) is 0 Å². The summed E-state index contributed by atoms with van der Waals surface area (Å²) in [5, 5.41) is 9.96. The van der Waals surface area contributed by atoms with E-state index in [9.17, 15) is 4.79 Å². The number of para-hydroxylation sites is 1. The zero-order valence-corrected chi connectivity index (χ0v) is 14.2. The molecule has 0 amide bonds. The first-order valence-corrected chi connectivity index (χ1v) is 8.78. The summed E-state index contributed by atoms with van der Waals surface area (Å²) in [4.78, 5) is 17.7. The van der Waals surface area contributed by atoms with E-state index in [1.165, 1.54) is 11.8 Å². The van der Waals surface area contributed by atoms with Crippen molar-refractivity contribution in [3.63, 3.8) is 0 Å². The summed E-state index contributed by atoms with van der Waals surface area (Å²) in [6, 6.07) is 17.4. The third-order valence-electron chi connectivity index (χ3n) is 3.70. The van der Waals surface area contributed by atoms with Crippen LogP contribution in [0.1, 0.15) is 18.4 Å². The molecule has 0 aliphatic heterocycles. The molecule has 0 N–H and O–H groups in total. The summed E-state index contributed by atoms with van der Waals surface area (Å²) in [6.45, 7) is 2.02. The van der Waals surface area contributed by atoms with E-state index in [1.54, 1.807) is 10.6 Å². The largest absolute Gasteiger partial charge is 0.268 e. The fourth-order valence-corrected chi connectivity index (χ4v) is 3.40. The van der Waals surface area contributed by atoms with E-state index < -0.39 is 0 Å². The van der Waals surface area contributed by atoms with Gasteiger partial charge < -0.3 is 0 Å². The van der Waals surface area contributed by atoms with E-state index >= 15 is 0 Å². The Kier molecular flexibility index (Phi) is 4.97. The highest BCUT2D eigenvalue weighted by Gasteiger charge is 2.12. The Morgan fingerprint density at radius 3 is 2.67 bits per heavy atom. The zero-order chi connectivity index (χ0) is 16.9. The first-order valence-electron chi connectivity index (χ1n) is 7.79. The molecule has 0 fully saturated rings. The number of aromatic nitrogens is 2. The maximum Gasteiger partial charge on any atom is 0.266 e. The van der Waals surface area contributed by atoms with Crippen molar-refractivity contribution in [2.45, 2.75) is 24.9 Å². The normalized spacial score (nSPS) is 10.7. The fourth-order valence-electron chi connectivity index (χ4n) is 2.45. The third kappa shape index (κ3) is 3.34. The standard InChI is InChI=1S/C19H17N3OS/c1-14-8-10-15(11-9-14)22-18(23)16-6-2-3-7-17(16)21-19(22)24-13-5-4-12-20/h2-3,6-11H,4-5,13H2,1H3. The number of unbranched alkanes of at least 4 members (excludes halogenated alkanes) is 1. The average Bonchev–Trinajstić information content (AvgIpc) is 2.60. The molecule has 0 spiro atoms. The number of nitrogens with zero attached hydrogens (tertiary/aromatic N) is 3. The molecule has 0 radical (unpaired) electrons. The van der Waals surface area contributed by atoms with Crippen LogP contribution in [0.25, 0.3) is 16.6 Å². The Morgan fingerprint density at radius 2 is 1.92 bits per heavy atom. The Hall–Kier alpha value is -2.58. The molecule has 0 saturated heterocycles. The van der Waals surface area contributed by atoms with Crippen LogP contribution in [0.4, 0.5) is 0 Å². The summed E-state index contributed by atoms with van der Waals surface area (Å²) in [6.07, 6.45) is 1.28. The molecule has 0 unspecified atom stereocenters. The van der Waals surface area contributed by atoms with E-state index in [0.717, 1.165) is 23.4 Å². The molecular formula is C19H17N3OS. The predicted octanol–water partition coefficient (Wildman–Crippen LogP) is 4.09. The average molecular weight is 335 g/mol. The molecule has 0 bridgehead atoms. The lowest BCUT2D eigenvalue weighted by atomic mass is 10.2. The Morgan fingerprint density at radius 1 is 1.17 bits per heavy atom. The molecule has 0 saturated carbocycles. The van der Waals surface area contributed by atoms with Gasteiger partial charge in [-0.3, -0.25) is 9.36 Å². The summed E-state index contributed by atoms with van der Waals surface area (Å²) in [5.74, 6) is 0.754. The zero-order valence-electron chi connectivity index (χ0n) is 13.4. The number of hydrogen-bond donors (Lipinski definition) is 0. The van der Waals surface area contributed by atoms with Gasteiger partial charge >= 0.3 is 0 Å². The van der Waals surface area contributed by atoms with Gasteiger partial charge in [-0.05, 0) is 37.6 Å². The fraction of sp³-hybridized carbons (Fsp3) is 0.211. The topological polar surface area (TPSA) is 58.7 Å². The molecule has 1 aromatic heterocycles. The van der Waals surface area contributed by atoms with Crippen LogP contribution in [0.5, 0.6) is 0 Å². The molecule has 120 valence electrons. The second-order valence-electron chi connectivity index (χ2n) is 5.50. The molecule has 2 aromatic carbocycles. The molecule has 3 rings (SSSR count). The monoisotopic (exact) mass is 335 g/mol. The molecular weight excluding hydrogens is 318 g/mol. The van der Waals surface area contributed by atoms with Crippen LogP contribution in [0, 0.1) is 18.3 Å². The highest BCUT2D eigenvalue weighted by molar-refractivity contribution is 7.99. The van der Waals surface area contributed by atoms with Gasteiger partial charge in [0.2, 0.25) is 0 Å². The van der Waals surface area contributed by atoms with Crippen LogP contribution >= 0.6 is 11.8 Å². The number of thioether (sulfide) groups is 1. The lowest BCUT2D eigenvalue weighted by Gasteiger charge is -2.13. The number of rotatable bonds is 5. The van der Waals surface area contributed by atoms with Gasteiger partial charge in [0.05, 0.1) is 22.7 Å². The molecule has 24 heavy (non-hydrogen) atoms. The van der Waals surface area contributed by atoms with Gasteiger partial charge in [-0.15, -0.1) is 0 Å². The lowest BCUT2D eigenvalue weighted by molar-refractivity contribution is 0.817. The van der Waals surface area contributed by atoms with Crippen LogP contribution in [-0.4, -0.2) is 15.3 Å². The van der Waals surface area contributed by atoms with Crippen molar-refractivity contribution in [1.82, 2.24) is 9.55 Å². The Bertz CT molecular complexity index is 955. The lowest BCUT2D eigenvalue weighted by Crippen LogP contribution is -2.21. The molecule has 4 nitrogen and oxygen atoms in total. The molecule has 0 atom stereocenters. The van der Waals surface area contributed by atoms with Crippen LogP contribution in [0.2, 0.25) is 0 Å². The molecule has 3 aromatic rings. The molecule has 0 aliphatic carbocycles. The van der Waals surface area contributed by atoms with Crippen molar-refractivity contribution in [2.24, 2.45) is 0 Å². The number of hydrogen-bond acceptors (Lipinski definition) is 4. The summed E-state index contributed by atoms with van der Waals surface area (Å²) in [7, 11) is 0. The molecule has 5 heteroatoms. The highest BCUT2D eigenvalue weighted by Crippen LogP contribution is 2.22. The Balaban J connectivity index is 2.12. The van der Waals surface area contributed by atoms with Crippen molar-refractivity contribution in [1.29, 1.82) is 5.26 Å². The second-order valence-corrected chi connectivity index (χ2v) is 6.56. The van der Waals surface area contributed by atoms with Crippen molar-refractivity contribution < 1.29 is 0 Å². The van der Waals surface area contributed by atoms with Gasteiger partial charge in [-0.2, -0.15) is 5.26 Å². The van der Waals surface area contributed by atoms with Crippen molar-refractivity contribution in [3.8, 4) is 11.8 Å². The minimum Gasteiger partial charge on any atom is -0.268 e. The van der Waals surface area contributed by atoms with Gasteiger partial charge in [-0.25, -0.2) is 4.98 Å². The van der Waals surface area contributed by atoms with E-state index in [-0.39, 0.29) is 5.56 Å². The minimum absolute atomic E-state index is 0.0627. The number of aryl methyl sites for hydroxylation is 1. The molecule has 1 heterocycles. The summed E-state index contributed by atoms with van der Waals surface area (Å²) < 4.78 is 1.67. The van der Waals surface area contributed by atoms with Crippen molar-refractivity contribution in [2.75, 3.05) is 5.75 Å². The van der Waals surface area contributed by atoms with Crippen molar-refractivity contribution in [3.05, 3.63) is 64.4 Å². The smallest absolute Gasteiger partial charge is 0.266 e. The third-order valence-corrected chi connectivity index (χ3v) is 4.73. The first kappa shape index (κ1) is 16.3. The second kappa shape index (κ2) is 7.33. The SMILES string of the molecule is Cc1ccc(-n2c(SCCCC#N)nc3ccccc3c2=O)cc1. The number of benzene rings is 2. The molecule has 0 aliphatic rings. The summed E-state index contributed by atoms with van der Waals surface area (Å²) in [5.41, 5.74) is 2.59. The first-order chi connectivity index (χ1) is 11.7. The van der Waals surface area contributed by atoms with E-state index in [1.807, 2.05) is 49.4 Å². The minimum atomic E-state index is -0.0627. The van der Waals surface area contributed by atoms with Gasteiger partial charge in [0.25, 0.3) is 5.56 Å². The maximum absolute atomic E-state index is 13.0. The number of nitriles is 1. The van der Waals surface area contributed by atoms with E-state index in [2.05, 4.69) is 11.1 Å². The van der Waals surface area contributed by atoms with E-state index in [4.69, 9.17) is 5.26 Å². The van der Waals surface area contributed by atoms with Crippen LogP contribution < -0.4 is 5.56 Å². The van der Waals surface area contributed by atoms with Crippen LogP contribution in [0.15, 0.2) is 58.5 Å². The summed E-state index contributed by atoms with van der Waals surface area (Å²) >= 11 is 1.52. The van der Waals surface area contributed by atoms with Gasteiger partial charge in [0.1, 0.15) is 0 Å². The van der Waals surface area contributed by atoms with Gasteiger partial charge in [0.15, 0.2) is 5.16 Å². The van der Waals surface area contributed by atoms with Crippen molar-refractivity contribution >= 4 is 22.7 Å². The van der Waals surface area contributed by atoms with E-state index in [0.29, 0.717) is 22.5 Å². The quantitative estimate of drug-likeness (QED) is 0.400. The van der Waals surface area contributed by atoms with Gasteiger partial charge in [-0.1, -0.05) is 41.6 Å². The van der Waals surface area contributed by atoms with Crippen LogP contribution in [-0.2, 0) is 0 Å². The number of fused-ring (bicyclic) bond motifs is 1. The maximum atomic E-state index is 13.0. The Labute approximate surface area is 144 Å². The predicted molar refractivity (Wildman–Crippen MR) is 97.6 cm³/mol. The highest BCUT2D eigenvalue weighted by atomic mass is 32.2.